The minimum absolute atomic E-state index is 0.622. The van der Waals surface area contributed by atoms with Crippen LogP contribution in [0.2, 0.25) is 0 Å². The number of amidine groups is 1. The standard InChI is InChI=1S/C15H22N2O2S/c1-4-18-13-7-6-12(8-14(13)19-5-2)17-15-16-9-11(3)10-20-15/h6-8,11H,4-5,9-10H2,1-3H3,(H,16,17). The molecule has 20 heavy (non-hydrogen) atoms. The number of hydrogen-bond donors (Lipinski definition) is 1. The first-order chi connectivity index (χ1) is 9.72. The second kappa shape index (κ2) is 7.43. The summed E-state index contributed by atoms with van der Waals surface area (Å²) < 4.78 is 11.2. The van der Waals surface area contributed by atoms with Crippen LogP contribution in [-0.4, -0.2) is 30.7 Å². The number of aliphatic imine (C=N–C) groups is 1. The molecule has 4 nitrogen and oxygen atoms in total. The molecule has 1 aromatic rings. The van der Waals surface area contributed by atoms with Crippen LogP contribution in [0.15, 0.2) is 23.2 Å². The molecule has 0 fully saturated rings. The summed E-state index contributed by atoms with van der Waals surface area (Å²) in [4.78, 5) is 4.54. The summed E-state index contributed by atoms with van der Waals surface area (Å²) in [6, 6.07) is 5.90. The third-order valence-electron chi connectivity index (χ3n) is 2.85. The van der Waals surface area contributed by atoms with E-state index in [-0.39, 0.29) is 0 Å². The van der Waals surface area contributed by atoms with Gasteiger partial charge in [-0.2, -0.15) is 0 Å². The number of anilines is 1. The number of rotatable bonds is 5. The molecular weight excluding hydrogens is 272 g/mol. The molecule has 110 valence electrons. The van der Waals surface area contributed by atoms with E-state index in [2.05, 4.69) is 17.2 Å². The van der Waals surface area contributed by atoms with Gasteiger partial charge in [-0.3, -0.25) is 4.99 Å². The highest BCUT2D eigenvalue weighted by atomic mass is 32.2. The summed E-state index contributed by atoms with van der Waals surface area (Å²) >= 11 is 1.77. The Morgan fingerprint density at radius 3 is 2.65 bits per heavy atom. The largest absolute Gasteiger partial charge is 0.490 e. The monoisotopic (exact) mass is 294 g/mol. The second-order valence-electron chi connectivity index (χ2n) is 4.71. The number of thioether (sulfide) groups is 1. The summed E-state index contributed by atoms with van der Waals surface area (Å²) in [7, 11) is 0. The summed E-state index contributed by atoms with van der Waals surface area (Å²) in [5, 5.41) is 4.33. The van der Waals surface area contributed by atoms with Gasteiger partial charge in [0.1, 0.15) is 0 Å². The number of ether oxygens (including phenoxy) is 2. The van der Waals surface area contributed by atoms with Gasteiger partial charge in [0.2, 0.25) is 0 Å². The molecule has 1 aliphatic heterocycles. The smallest absolute Gasteiger partial charge is 0.163 e. The van der Waals surface area contributed by atoms with Crippen molar-refractivity contribution >= 4 is 22.6 Å². The molecule has 0 saturated heterocycles. The zero-order valence-corrected chi connectivity index (χ0v) is 13.1. The molecule has 1 N–H and O–H groups in total. The van der Waals surface area contributed by atoms with E-state index in [0.717, 1.165) is 34.7 Å². The minimum Gasteiger partial charge on any atom is -0.490 e. The molecule has 0 radical (unpaired) electrons. The SMILES string of the molecule is CCOc1ccc(NC2=NCC(C)CS2)cc1OCC. The van der Waals surface area contributed by atoms with Gasteiger partial charge in [-0.15, -0.1) is 0 Å². The summed E-state index contributed by atoms with van der Waals surface area (Å²) in [6.07, 6.45) is 0. The summed E-state index contributed by atoms with van der Waals surface area (Å²) in [5.74, 6) is 3.33. The number of nitrogens with one attached hydrogen (secondary N) is 1. The van der Waals surface area contributed by atoms with Crippen LogP contribution in [0.4, 0.5) is 5.69 Å². The predicted molar refractivity (Wildman–Crippen MR) is 86.3 cm³/mol. The normalized spacial score (nSPS) is 18.4. The Labute approximate surface area is 125 Å². The average Bonchev–Trinajstić information content (AvgIpc) is 2.45. The van der Waals surface area contributed by atoms with Crippen LogP contribution >= 0.6 is 11.8 Å². The Kier molecular flexibility index (Phi) is 5.59. The van der Waals surface area contributed by atoms with Crippen molar-refractivity contribution < 1.29 is 9.47 Å². The van der Waals surface area contributed by atoms with Gasteiger partial charge in [-0.1, -0.05) is 18.7 Å². The molecule has 0 aromatic heterocycles. The zero-order valence-electron chi connectivity index (χ0n) is 12.3. The quantitative estimate of drug-likeness (QED) is 0.900. The average molecular weight is 294 g/mol. The lowest BCUT2D eigenvalue weighted by molar-refractivity contribution is 0.288. The van der Waals surface area contributed by atoms with Crippen LogP contribution in [0.5, 0.6) is 11.5 Å². The molecule has 1 unspecified atom stereocenters. The van der Waals surface area contributed by atoms with Gasteiger partial charge >= 0.3 is 0 Å². The lowest BCUT2D eigenvalue weighted by Gasteiger charge is -2.18. The Balaban J connectivity index is 2.10. The summed E-state index contributed by atoms with van der Waals surface area (Å²) in [5.41, 5.74) is 0.984. The zero-order chi connectivity index (χ0) is 14.4. The molecule has 0 amide bonds. The van der Waals surface area contributed by atoms with Gasteiger partial charge < -0.3 is 14.8 Å². The molecule has 1 aromatic carbocycles. The van der Waals surface area contributed by atoms with Gasteiger partial charge in [-0.25, -0.2) is 0 Å². The molecule has 2 rings (SSSR count). The van der Waals surface area contributed by atoms with Crippen LogP contribution in [0.25, 0.3) is 0 Å². The van der Waals surface area contributed by atoms with Crippen LogP contribution in [0.1, 0.15) is 20.8 Å². The molecule has 0 saturated carbocycles. The third-order valence-corrected chi connectivity index (χ3v) is 4.09. The lowest BCUT2D eigenvalue weighted by atomic mass is 10.2. The number of benzene rings is 1. The van der Waals surface area contributed by atoms with E-state index in [1.165, 1.54) is 0 Å². The van der Waals surface area contributed by atoms with Gasteiger partial charge in [0.25, 0.3) is 0 Å². The third kappa shape index (κ3) is 4.07. The first-order valence-electron chi connectivity index (χ1n) is 7.06. The fraction of sp³-hybridized carbons (Fsp3) is 0.533. The number of hydrogen-bond acceptors (Lipinski definition) is 5. The van der Waals surface area contributed by atoms with E-state index in [1.54, 1.807) is 11.8 Å². The lowest BCUT2D eigenvalue weighted by Crippen LogP contribution is -2.18. The van der Waals surface area contributed by atoms with Crippen molar-refractivity contribution in [3.63, 3.8) is 0 Å². The van der Waals surface area contributed by atoms with Gasteiger partial charge in [0.15, 0.2) is 16.7 Å². The van der Waals surface area contributed by atoms with Gasteiger partial charge in [0.05, 0.1) is 13.2 Å². The molecule has 0 aliphatic carbocycles. The van der Waals surface area contributed by atoms with Crippen molar-refractivity contribution in [1.82, 2.24) is 0 Å². The van der Waals surface area contributed by atoms with Crippen molar-refractivity contribution in [2.45, 2.75) is 20.8 Å². The highest BCUT2D eigenvalue weighted by molar-refractivity contribution is 8.14. The first kappa shape index (κ1) is 15.0. The van der Waals surface area contributed by atoms with Crippen molar-refractivity contribution in [3.8, 4) is 11.5 Å². The molecular formula is C15H22N2O2S. The summed E-state index contributed by atoms with van der Waals surface area (Å²) in [6.45, 7) is 8.31. The minimum atomic E-state index is 0.622. The highest BCUT2D eigenvalue weighted by Crippen LogP contribution is 2.31. The van der Waals surface area contributed by atoms with Gasteiger partial charge in [-0.05, 0) is 31.9 Å². The fourth-order valence-electron chi connectivity index (χ4n) is 1.89. The first-order valence-corrected chi connectivity index (χ1v) is 8.05. The Morgan fingerprint density at radius 2 is 2.00 bits per heavy atom. The van der Waals surface area contributed by atoms with E-state index < -0.39 is 0 Å². The van der Waals surface area contributed by atoms with Crippen molar-refractivity contribution in [2.24, 2.45) is 10.9 Å². The van der Waals surface area contributed by atoms with Crippen molar-refractivity contribution in [2.75, 3.05) is 30.8 Å². The van der Waals surface area contributed by atoms with Crippen LogP contribution in [-0.2, 0) is 0 Å². The van der Waals surface area contributed by atoms with E-state index in [9.17, 15) is 0 Å². The maximum Gasteiger partial charge on any atom is 0.163 e. The maximum absolute atomic E-state index is 5.62. The topological polar surface area (TPSA) is 42.8 Å². The van der Waals surface area contributed by atoms with E-state index >= 15 is 0 Å². The number of nitrogens with zero attached hydrogens (tertiary/aromatic N) is 1. The fourth-order valence-corrected chi connectivity index (χ4v) is 2.79. The molecule has 5 heteroatoms. The molecule has 1 heterocycles. The Hall–Kier alpha value is -1.36. The predicted octanol–water partition coefficient (Wildman–Crippen LogP) is 3.63. The van der Waals surface area contributed by atoms with Crippen LogP contribution in [0.3, 0.4) is 0 Å². The van der Waals surface area contributed by atoms with Crippen LogP contribution < -0.4 is 14.8 Å². The van der Waals surface area contributed by atoms with E-state index in [4.69, 9.17) is 9.47 Å². The van der Waals surface area contributed by atoms with E-state index in [0.29, 0.717) is 19.1 Å². The van der Waals surface area contributed by atoms with Crippen LogP contribution in [0, 0.1) is 5.92 Å². The molecule has 0 spiro atoms. The second-order valence-corrected chi connectivity index (χ2v) is 5.72. The van der Waals surface area contributed by atoms with Crippen molar-refractivity contribution in [3.05, 3.63) is 18.2 Å². The van der Waals surface area contributed by atoms with Crippen molar-refractivity contribution in [1.29, 1.82) is 0 Å². The maximum atomic E-state index is 5.62. The molecule has 1 aliphatic rings. The molecule has 0 bridgehead atoms. The van der Waals surface area contributed by atoms with E-state index in [1.807, 2.05) is 32.0 Å². The Bertz CT molecular complexity index is 477. The molecule has 1 atom stereocenters. The Morgan fingerprint density at radius 1 is 1.25 bits per heavy atom. The van der Waals surface area contributed by atoms with Gasteiger partial charge in [0, 0.05) is 24.1 Å². The highest BCUT2D eigenvalue weighted by Gasteiger charge is 2.13.